The highest BCUT2D eigenvalue weighted by atomic mass is 32.1. The van der Waals surface area contributed by atoms with E-state index in [1.807, 2.05) is 63.2 Å². The molecule has 0 bridgehead atoms. The summed E-state index contributed by atoms with van der Waals surface area (Å²) in [5.41, 5.74) is 7.68. The van der Waals surface area contributed by atoms with Crippen LogP contribution in [0.5, 0.6) is 0 Å². The SMILES string of the molecule is CC(C)(C)NC(=S)NNC(=O)CCC(=O)c1ccc(-c2ccccc2)cc1. The summed E-state index contributed by atoms with van der Waals surface area (Å²) in [7, 11) is 0. The van der Waals surface area contributed by atoms with Gasteiger partial charge in [0.05, 0.1) is 0 Å². The molecule has 0 radical (unpaired) electrons. The molecule has 0 aromatic heterocycles. The number of ketones is 1. The van der Waals surface area contributed by atoms with Gasteiger partial charge in [-0.3, -0.25) is 20.4 Å². The first kappa shape index (κ1) is 20.6. The van der Waals surface area contributed by atoms with Gasteiger partial charge < -0.3 is 5.32 Å². The van der Waals surface area contributed by atoms with Gasteiger partial charge in [0.1, 0.15) is 0 Å². The van der Waals surface area contributed by atoms with E-state index in [0.29, 0.717) is 10.7 Å². The molecule has 0 atom stereocenters. The van der Waals surface area contributed by atoms with Crippen LogP contribution in [0.25, 0.3) is 11.1 Å². The molecular formula is C21H25N3O2S. The second-order valence-corrected chi connectivity index (χ2v) is 7.65. The molecular weight excluding hydrogens is 358 g/mol. The van der Waals surface area contributed by atoms with E-state index in [0.717, 1.165) is 11.1 Å². The largest absolute Gasteiger partial charge is 0.357 e. The Morgan fingerprint density at radius 1 is 0.852 bits per heavy atom. The maximum absolute atomic E-state index is 12.3. The van der Waals surface area contributed by atoms with Crippen molar-refractivity contribution in [2.75, 3.05) is 0 Å². The van der Waals surface area contributed by atoms with Crippen LogP contribution >= 0.6 is 12.2 Å². The lowest BCUT2D eigenvalue weighted by atomic mass is 10.0. The lowest BCUT2D eigenvalue weighted by Crippen LogP contribution is -2.52. The fourth-order valence-electron chi connectivity index (χ4n) is 2.41. The van der Waals surface area contributed by atoms with Crippen LogP contribution in [0.15, 0.2) is 54.6 Å². The fourth-order valence-corrected chi connectivity index (χ4v) is 2.77. The zero-order valence-corrected chi connectivity index (χ0v) is 16.7. The van der Waals surface area contributed by atoms with E-state index in [1.54, 1.807) is 12.1 Å². The molecule has 0 aliphatic carbocycles. The van der Waals surface area contributed by atoms with E-state index in [-0.39, 0.29) is 30.1 Å². The van der Waals surface area contributed by atoms with Crippen molar-refractivity contribution in [3.8, 4) is 11.1 Å². The Balaban J connectivity index is 1.80. The Morgan fingerprint density at radius 3 is 2.04 bits per heavy atom. The number of benzene rings is 2. The number of nitrogens with one attached hydrogen (secondary N) is 3. The highest BCUT2D eigenvalue weighted by Gasteiger charge is 2.12. The second kappa shape index (κ2) is 9.28. The Morgan fingerprint density at radius 2 is 1.44 bits per heavy atom. The van der Waals surface area contributed by atoms with Crippen LogP contribution in [-0.2, 0) is 4.79 Å². The predicted octanol–water partition coefficient (Wildman–Crippen LogP) is 3.61. The molecule has 27 heavy (non-hydrogen) atoms. The normalized spacial score (nSPS) is 10.8. The molecule has 2 rings (SSSR count). The van der Waals surface area contributed by atoms with Crippen molar-refractivity contribution in [1.29, 1.82) is 0 Å². The average Bonchev–Trinajstić information content (AvgIpc) is 2.64. The molecule has 142 valence electrons. The van der Waals surface area contributed by atoms with Gasteiger partial charge in [-0.05, 0) is 44.1 Å². The zero-order chi connectivity index (χ0) is 19.9. The number of carbonyl (C=O) groups is 2. The van der Waals surface area contributed by atoms with Crippen LogP contribution in [0, 0.1) is 0 Å². The summed E-state index contributed by atoms with van der Waals surface area (Å²) in [6, 6.07) is 17.4. The second-order valence-electron chi connectivity index (χ2n) is 7.24. The molecule has 0 aliphatic heterocycles. The molecule has 0 heterocycles. The molecule has 2 aromatic rings. The van der Waals surface area contributed by atoms with Gasteiger partial charge in [-0.2, -0.15) is 0 Å². The van der Waals surface area contributed by atoms with Crippen molar-refractivity contribution in [2.45, 2.75) is 39.2 Å². The fraction of sp³-hybridized carbons (Fsp3) is 0.286. The Kier molecular flexibility index (Phi) is 7.07. The van der Waals surface area contributed by atoms with Gasteiger partial charge in [0, 0.05) is 23.9 Å². The van der Waals surface area contributed by atoms with E-state index in [4.69, 9.17) is 12.2 Å². The third-order valence-corrected chi connectivity index (χ3v) is 3.90. The van der Waals surface area contributed by atoms with Crippen LogP contribution in [0.4, 0.5) is 0 Å². The number of carbonyl (C=O) groups excluding carboxylic acids is 2. The topological polar surface area (TPSA) is 70.2 Å². The number of Topliss-reactive ketones (excluding diaryl/α,β-unsaturated/α-hetero) is 1. The Hall–Kier alpha value is -2.73. The van der Waals surface area contributed by atoms with Gasteiger partial charge >= 0.3 is 0 Å². The number of hydrogen-bond acceptors (Lipinski definition) is 3. The summed E-state index contributed by atoms with van der Waals surface area (Å²) in [5.74, 6) is -0.359. The highest BCUT2D eigenvalue weighted by molar-refractivity contribution is 7.80. The lowest BCUT2D eigenvalue weighted by Gasteiger charge is -2.23. The number of hydrazine groups is 1. The molecule has 0 aliphatic rings. The maximum atomic E-state index is 12.3. The zero-order valence-electron chi connectivity index (χ0n) is 15.8. The molecule has 0 unspecified atom stereocenters. The summed E-state index contributed by atoms with van der Waals surface area (Å²) in [5, 5.41) is 3.35. The Labute approximate surface area is 165 Å². The molecule has 0 fully saturated rings. The van der Waals surface area contributed by atoms with Crippen molar-refractivity contribution in [3.63, 3.8) is 0 Å². The van der Waals surface area contributed by atoms with Gasteiger partial charge in [0.25, 0.3) is 0 Å². The van der Waals surface area contributed by atoms with E-state index in [1.165, 1.54) is 0 Å². The van der Waals surface area contributed by atoms with Crippen LogP contribution in [0.3, 0.4) is 0 Å². The predicted molar refractivity (Wildman–Crippen MR) is 112 cm³/mol. The first-order valence-corrected chi connectivity index (χ1v) is 9.21. The van der Waals surface area contributed by atoms with Crippen molar-refractivity contribution >= 4 is 29.0 Å². The summed E-state index contributed by atoms with van der Waals surface area (Å²) in [4.78, 5) is 24.2. The molecule has 2 aromatic carbocycles. The molecule has 0 saturated heterocycles. The average molecular weight is 384 g/mol. The molecule has 1 amide bonds. The first-order chi connectivity index (χ1) is 12.7. The van der Waals surface area contributed by atoms with Gasteiger partial charge in [-0.15, -0.1) is 0 Å². The Bertz CT molecular complexity index is 796. The van der Waals surface area contributed by atoms with Crippen LogP contribution in [0.1, 0.15) is 44.0 Å². The number of thiocarbonyl (C=S) groups is 1. The number of hydrogen-bond donors (Lipinski definition) is 3. The molecule has 0 saturated carbocycles. The van der Waals surface area contributed by atoms with Crippen LogP contribution in [-0.4, -0.2) is 22.3 Å². The first-order valence-electron chi connectivity index (χ1n) is 8.80. The summed E-state index contributed by atoms with van der Waals surface area (Å²) in [6.07, 6.45) is 0.224. The van der Waals surface area contributed by atoms with E-state index < -0.39 is 0 Å². The standard InChI is InChI=1S/C21H25N3O2S/c1-21(2,3)22-20(27)24-23-19(26)14-13-18(25)17-11-9-16(10-12-17)15-7-5-4-6-8-15/h4-12H,13-14H2,1-3H3,(H,23,26)(H2,22,24,27). The van der Waals surface area contributed by atoms with Gasteiger partial charge in [-0.25, -0.2) is 0 Å². The van der Waals surface area contributed by atoms with Crippen LogP contribution < -0.4 is 16.2 Å². The van der Waals surface area contributed by atoms with E-state index in [9.17, 15) is 9.59 Å². The number of amides is 1. The monoisotopic (exact) mass is 383 g/mol. The third kappa shape index (κ3) is 7.19. The van der Waals surface area contributed by atoms with Crippen molar-refractivity contribution in [2.24, 2.45) is 0 Å². The van der Waals surface area contributed by atoms with Crippen molar-refractivity contribution in [3.05, 3.63) is 60.2 Å². The summed E-state index contributed by atoms with van der Waals surface area (Å²) < 4.78 is 0. The van der Waals surface area contributed by atoms with Crippen molar-refractivity contribution < 1.29 is 9.59 Å². The van der Waals surface area contributed by atoms with E-state index in [2.05, 4.69) is 16.2 Å². The third-order valence-electron chi connectivity index (χ3n) is 3.70. The molecule has 6 heteroatoms. The summed E-state index contributed by atoms with van der Waals surface area (Å²) in [6.45, 7) is 5.89. The van der Waals surface area contributed by atoms with Gasteiger partial charge in [-0.1, -0.05) is 54.6 Å². The molecule has 5 nitrogen and oxygen atoms in total. The lowest BCUT2D eigenvalue weighted by molar-refractivity contribution is -0.121. The van der Waals surface area contributed by atoms with E-state index >= 15 is 0 Å². The smallest absolute Gasteiger partial charge is 0.238 e. The van der Waals surface area contributed by atoms with Gasteiger partial charge in [0.2, 0.25) is 5.91 Å². The highest BCUT2D eigenvalue weighted by Crippen LogP contribution is 2.19. The minimum absolute atomic E-state index is 0.0693. The quantitative estimate of drug-likeness (QED) is 0.418. The minimum Gasteiger partial charge on any atom is -0.357 e. The molecule has 3 N–H and O–H groups in total. The van der Waals surface area contributed by atoms with Crippen molar-refractivity contribution in [1.82, 2.24) is 16.2 Å². The van der Waals surface area contributed by atoms with Gasteiger partial charge in [0.15, 0.2) is 10.9 Å². The number of rotatable bonds is 5. The van der Waals surface area contributed by atoms with Crippen LogP contribution in [0.2, 0.25) is 0 Å². The summed E-state index contributed by atoms with van der Waals surface area (Å²) >= 11 is 5.08. The maximum Gasteiger partial charge on any atom is 0.238 e. The molecule has 0 spiro atoms. The minimum atomic E-state index is -0.290.